The molecule has 0 saturated heterocycles. The van der Waals surface area contributed by atoms with E-state index >= 15 is 0 Å². The van der Waals surface area contributed by atoms with Crippen molar-refractivity contribution in [3.8, 4) is 22.8 Å². The summed E-state index contributed by atoms with van der Waals surface area (Å²) in [6.07, 6.45) is 0. The van der Waals surface area contributed by atoms with Crippen LogP contribution in [-0.4, -0.2) is 45.3 Å². The molecule has 10 heteroatoms. The van der Waals surface area contributed by atoms with E-state index in [1.54, 1.807) is 0 Å². The van der Waals surface area contributed by atoms with Gasteiger partial charge < -0.3 is 9.47 Å². The summed E-state index contributed by atoms with van der Waals surface area (Å²) in [5, 5.41) is 20.8. The first-order chi connectivity index (χ1) is 13.2. The molecule has 0 saturated carbocycles. The predicted molar refractivity (Wildman–Crippen MR) is 102 cm³/mol. The molecule has 1 N–H and O–H groups in total. The van der Waals surface area contributed by atoms with Crippen molar-refractivity contribution in [3.63, 3.8) is 0 Å². The zero-order valence-corrected chi connectivity index (χ0v) is 16.0. The summed E-state index contributed by atoms with van der Waals surface area (Å²) >= 11 is 2.64. The van der Waals surface area contributed by atoms with Crippen molar-refractivity contribution in [3.05, 3.63) is 35.3 Å². The number of anilines is 1. The Bertz CT molecular complexity index is 961. The quantitative estimate of drug-likeness (QED) is 0.652. The van der Waals surface area contributed by atoms with Gasteiger partial charge in [0.05, 0.1) is 11.4 Å². The summed E-state index contributed by atoms with van der Waals surface area (Å²) in [6.45, 7) is 2.93. The van der Waals surface area contributed by atoms with Crippen LogP contribution in [-0.2, 0) is 4.79 Å². The van der Waals surface area contributed by atoms with Gasteiger partial charge in [0.2, 0.25) is 11.0 Å². The number of aryl methyl sites for hydroxylation is 1. The molecule has 0 bridgehead atoms. The van der Waals surface area contributed by atoms with Crippen LogP contribution in [0.3, 0.4) is 0 Å². The largest absolute Gasteiger partial charge is 0.486 e. The van der Waals surface area contributed by atoms with Crippen molar-refractivity contribution in [1.29, 1.82) is 0 Å². The van der Waals surface area contributed by atoms with Gasteiger partial charge in [-0.25, -0.2) is 0 Å². The summed E-state index contributed by atoms with van der Waals surface area (Å²) < 4.78 is 11.1. The molecular weight excluding hydrogens is 386 g/mol. The lowest BCUT2D eigenvalue weighted by molar-refractivity contribution is -0.113. The highest BCUT2D eigenvalue weighted by Gasteiger charge is 2.13. The van der Waals surface area contributed by atoms with Crippen molar-refractivity contribution in [2.24, 2.45) is 0 Å². The number of hydrogen-bond donors (Lipinski definition) is 1. The maximum absolute atomic E-state index is 12.0. The number of carbonyl (C=O) groups is 1. The van der Waals surface area contributed by atoms with Crippen molar-refractivity contribution in [2.75, 3.05) is 24.3 Å². The van der Waals surface area contributed by atoms with Crippen LogP contribution >= 0.6 is 23.1 Å². The van der Waals surface area contributed by atoms with Crippen LogP contribution in [0.15, 0.2) is 35.4 Å². The van der Waals surface area contributed by atoms with E-state index in [2.05, 4.69) is 25.7 Å². The van der Waals surface area contributed by atoms with E-state index in [0.717, 1.165) is 22.0 Å². The number of fused-ring (bicyclic) bond motifs is 1. The summed E-state index contributed by atoms with van der Waals surface area (Å²) in [7, 11) is 0. The lowest BCUT2D eigenvalue weighted by Crippen LogP contribution is -2.15. The Morgan fingerprint density at radius 3 is 2.70 bits per heavy atom. The first kappa shape index (κ1) is 17.7. The zero-order valence-electron chi connectivity index (χ0n) is 14.3. The smallest absolute Gasteiger partial charge is 0.236 e. The SMILES string of the molecule is Cc1nnc(NC(=O)CSc2ccc(-c3ccc4c(c3)OCCO4)nn2)s1. The molecule has 0 unspecified atom stereocenters. The normalized spacial score (nSPS) is 12.6. The second-order valence-corrected chi connectivity index (χ2v) is 7.76. The molecule has 0 fully saturated rings. The molecule has 0 atom stereocenters. The molecule has 1 aliphatic rings. The molecule has 8 nitrogen and oxygen atoms in total. The molecule has 3 heterocycles. The Labute approximate surface area is 163 Å². The molecule has 1 aliphatic heterocycles. The Kier molecular flexibility index (Phi) is 5.16. The topological polar surface area (TPSA) is 99.1 Å². The van der Waals surface area contributed by atoms with Gasteiger partial charge >= 0.3 is 0 Å². The van der Waals surface area contributed by atoms with Gasteiger partial charge in [-0.2, -0.15) is 0 Å². The minimum atomic E-state index is -0.158. The van der Waals surface area contributed by atoms with Crippen LogP contribution in [0.2, 0.25) is 0 Å². The van der Waals surface area contributed by atoms with Crippen LogP contribution < -0.4 is 14.8 Å². The number of ether oxygens (including phenoxy) is 2. The third-order valence-corrected chi connectivity index (χ3v) is 5.28. The molecule has 1 aromatic carbocycles. The van der Waals surface area contributed by atoms with Gasteiger partial charge in [-0.05, 0) is 37.3 Å². The number of nitrogens with one attached hydrogen (secondary N) is 1. The predicted octanol–water partition coefficient (Wildman–Crippen LogP) is 2.81. The molecule has 4 rings (SSSR count). The van der Waals surface area contributed by atoms with Crippen molar-refractivity contribution in [1.82, 2.24) is 20.4 Å². The van der Waals surface area contributed by atoms with Crippen LogP contribution in [0.4, 0.5) is 5.13 Å². The molecule has 0 aliphatic carbocycles. The second kappa shape index (κ2) is 7.89. The Hall–Kier alpha value is -2.72. The van der Waals surface area contributed by atoms with Crippen LogP contribution in [0, 0.1) is 6.92 Å². The summed E-state index contributed by atoms with van der Waals surface area (Å²) in [5.74, 6) is 1.51. The van der Waals surface area contributed by atoms with Crippen LogP contribution in [0.1, 0.15) is 5.01 Å². The standard InChI is InChI=1S/C17H15N5O3S2/c1-10-19-22-17(27-10)18-15(23)9-26-16-5-3-12(20-21-16)11-2-4-13-14(8-11)25-7-6-24-13/h2-5,8H,6-7,9H2,1H3,(H,18,22,23). The second-order valence-electron chi connectivity index (χ2n) is 5.58. The average Bonchev–Trinajstić information content (AvgIpc) is 3.11. The van der Waals surface area contributed by atoms with Gasteiger partial charge in [0, 0.05) is 5.56 Å². The van der Waals surface area contributed by atoms with E-state index in [1.807, 2.05) is 37.3 Å². The third kappa shape index (κ3) is 4.34. The van der Waals surface area contributed by atoms with E-state index in [1.165, 1.54) is 23.1 Å². The van der Waals surface area contributed by atoms with Gasteiger partial charge in [0.1, 0.15) is 23.2 Å². The number of rotatable bonds is 5. The van der Waals surface area contributed by atoms with Crippen molar-refractivity contribution < 1.29 is 14.3 Å². The third-order valence-electron chi connectivity index (χ3n) is 3.60. The molecule has 0 radical (unpaired) electrons. The lowest BCUT2D eigenvalue weighted by atomic mass is 10.1. The summed E-state index contributed by atoms with van der Waals surface area (Å²) in [6, 6.07) is 9.39. The number of carbonyl (C=O) groups excluding carboxylic acids is 1. The van der Waals surface area contributed by atoms with Crippen LogP contribution in [0.25, 0.3) is 11.3 Å². The number of benzene rings is 1. The van der Waals surface area contributed by atoms with E-state index in [-0.39, 0.29) is 11.7 Å². The van der Waals surface area contributed by atoms with E-state index < -0.39 is 0 Å². The maximum Gasteiger partial charge on any atom is 0.236 e. The summed E-state index contributed by atoms with van der Waals surface area (Å²) in [4.78, 5) is 12.0. The number of thioether (sulfide) groups is 1. The fourth-order valence-corrected chi connectivity index (χ4v) is 3.62. The molecular formula is C17H15N5O3S2. The molecule has 0 spiro atoms. The van der Waals surface area contributed by atoms with Crippen LogP contribution in [0.5, 0.6) is 11.5 Å². The van der Waals surface area contributed by atoms with E-state index in [4.69, 9.17) is 9.47 Å². The Morgan fingerprint density at radius 2 is 1.96 bits per heavy atom. The molecule has 2 aromatic heterocycles. The number of hydrogen-bond acceptors (Lipinski definition) is 9. The van der Waals surface area contributed by atoms with Gasteiger partial charge in [-0.15, -0.1) is 20.4 Å². The first-order valence-electron chi connectivity index (χ1n) is 8.14. The molecule has 27 heavy (non-hydrogen) atoms. The fraction of sp³-hybridized carbons (Fsp3) is 0.235. The van der Waals surface area contributed by atoms with E-state index in [9.17, 15) is 4.79 Å². The minimum absolute atomic E-state index is 0.158. The van der Waals surface area contributed by atoms with Gasteiger partial charge in [-0.1, -0.05) is 23.1 Å². The highest BCUT2D eigenvalue weighted by Crippen LogP contribution is 2.34. The lowest BCUT2D eigenvalue weighted by Gasteiger charge is -2.18. The highest BCUT2D eigenvalue weighted by atomic mass is 32.2. The van der Waals surface area contributed by atoms with Gasteiger partial charge in [0.15, 0.2) is 11.5 Å². The molecule has 138 valence electrons. The van der Waals surface area contributed by atoms with Gasteiger partial charge in [-0.3, -0.25) is 10.1 Å². The highest BCUT2D eigenvalue weighted by molar-refractivity contribution is 7.99. The first-order valence-corrected chi connectivity index (χ1v) is 9.94. The van der Waals surface area contributed by atoms with Crippen molar-refractivity contribution in [2.45, 2.75) is 11.9 Å². The van der Waals surface area contributed by atoms with Crippen molar-refractivity contribution >= 4 is 34.1 Å². The Morgan fingerprint density at radius 1 is 1.11 bits per heavy atom. The molecule has 1 amide bonds. The Balaban J connectivity index is 1.37. The number of aromatic nitrogens is 4. The fourth-order valence-electron chi connectivity index (χ4n) is 2.40. The zero-order chi connectivity index (χ0) is 18.6. The maximum atomic E-state index is 12.0. The average molecular weight is 401 g/mol. The monoisotopic (exact) mass is 401 g/mol. The minimum Gasteiger partial charge on any atom is -0.486 e. The molecule has 3 aromatic rings. The van der Waals surface area contributed by atoms with E-state index in [0.29, 0.717) is 29.1 Å². The number of amides is 1. The number of nitrogens with zero attached hydrogens (tertiary/aromatic N) is 4. The van der Waals surface area contributed by atoms with Gasteiger partial charge in [0.25, 0.3) is 0 Å². The summed E-state index contributed by atoms with van der Waals surface area (Å²) in [5.41, 5.74) is 1.62.